The Morgan fingerprint density at radius 2 is 1.55 bits per heavy atom. The number of nitro benzene ring substituents is 1. The summed E-state index contributed by atoms with van der Waals surface area (Å²) >= 11 is 1.74. The van der Waals surface area contributed by atoms with Gasteiger partial charge in [-0.3, -0.25) is 10.1 Å². The van der Waals surface area contributed by atoms with Gasteiger partial charge in [-0.05, 0) is 48.0 Å². The summed E-state index contributed by atoms with van der Waals surface area (Å²) in [6.07, 6.45) is 1.96. The summed E-state index contributed by atoms with van der Waals surface area (Å²) in [6.45, 7) is 0. The summed E-state index contributed by atoms with van der Waals surface area (Å²) in [5.74, 6) is 0. The number of rotatable bonds is 3. The third-order valence-electron chi connectivity index (χ3n) is 5.73. The molecule has 0 atom stereocenters. The minimum absolute atomic E-state index is 0.113. The first-order valence-corrected chi connectivity index (χ1v) is 10.8. The van der Waals surface area contributed by atoms with Crippen LogP contribution in [0.25, 0.3) is 47.9 Å². The van der Waals surface area contributed by atoms with Crippen LogP contribution in [0.3, 0.4) is 0 Å². The first-order chi connectivity index (χ1) is 15.2. The van der Waals surface area contributed by atoms with Gasteiger partial charge in [-0.25, -0.2) is 0 Å². The normalized spacial score (nSPS) is 11.5. The molecule has 4 aromatic carbocycles. The van der Waals surface area contributed by atoms with E-state index in [0.29, 0.717) is 5.56 Å². The van der Waals surface area contributed by atoms with Gasteiger partial charge in [0.2, 0.25) is 0 Å². The third-order valence-corrected chi connectivity index (χ3v) is 6.88. The molecule has 2 heterocycles. The van der Waals surface area contributed by atoms with Crippen LogP contribution in [0.1, 0.15) is 0 Å². The van der Waals surface area contributed by atoms with Gasteiger partial charge in [0.1, 0.15) is 0 Å². The molecule has 0 N–H and O–H groups in total. The van der Waals surface area contributed by atoms with Crippen molar-refractivity contribution in [3.8, 4) is 16.8 Å². The second-order valence-corrected chi connectivity index (χ2v) is 8.60. The van der Waals surface area contributed by atoms with Gasteiger partial charge >= 0.3 is 0 Å². The maximum Gasteiger partial charge on any atom is 0.279 e. The van der Waals surface area contributed by atoms with E-state index >= 15 is 0 Å². The number of nitrogens with zero attached hydrogens (tertiary/aromatic N) is 2. The SMILES string of the molecule is O=[N+]([O-])c1cc2c(ccn2-c2ccccc2)cc1-c1ccc2sc3ccccc3c2c1. The summed E-state index contributed by atoms with van der Waals surface area (Å²) in [7, 11) is 0. The minimum Gasteiger partial charge on any atom is -0.316 e. The molecule has 0 bridgehead atoms. The van der Waals surface area contributed by atoms with Crippen LogP contribution in [-0.2, 0) is 0 Å². The molecule has 0 spiro atoms. The topological polar surface area (TPSA) is 48.1 Å². The zero-order chi connectivity index (χ0) is 20.9. The molecular weight excluding hydrogens is 404 g/mol. The molecule has 0 unspecified atom stereocenters. The number of para-hydroxylation sites is 1. The van der Waals surface area contributed by atoms with Gasteiger partial charge in [-0.1, -0.05) is 42.5 Å². The molecule has 148 valence electrons. The summed E-state index contributed by atoms with van der Waals surface area (Å²) in [5, 5.41) is 15.3. The van der Waals surface area contributed by atoms with Crippen molar-refractivity contribution in [2.45, 2.75) is 0 Å². The monoisotopic (exact) mass is 420 g/mol. The van der Waals surface area contributed by atoms with Gasteiger partial charge in [0.05, 0.1) is 16.0 Å². The number of aromatic nitrogens is 1. The van der Waals surface area contributed by atoms with Crippen molar-refractivity contribution in [2.75, 3.05) is 0 Å². The van der Waals surface area contributed by atoms with Crippen LogP contribution in [0.15, 0.2) is 97.2 Å². The van der Waals surface area contributed by atoms with E-state index < -0.39 is 0 Å². The second kappa shape index (κ2) is 6.79. The van der Waals surface area contributed by atoms with E-state index in [1.54, 1.807) is 17.4 Å². The maximum absolute atomic E-state index is 12.0. The molecular formula is C26H16N2O2S. The molecule has 0 saturated carbocycles. The van der Waals surface area contributed by atoms with E-state index in [1.807, 2.05) is 71.4 Å². The molecule has 0 aliphatic rings. The molecule has 0 aliphatic heterocycles. The molecule has 6 rings (SSSR count). The van der Waals surface area contributed by atoms with E-state index in [9.17, 15) is 10.1 Å². The Hall–Kier alpha value is -3.96. The fraction of sp³-hybridized carbons (Fsp3) is 0. The third kappa shape index (κ3) is 2.82. The molecule has 4 nitrogen and oxygen atoms in total. The Kier molecular flexibility index (Phi) is 3.91. The Morgan fingerprint density at radius 3 is 2.39 bits per heavy atom. The van der Waals surface area contributed by atoms with Crippen molar-refractivity contribution in [3.05, 3.63) is 107 Å². The standard InChI is InChI=1S/C26H16N2O2S/c29-28(30)24-16-23-18(12-13-27(23)19-6-2-1-3-7-19)15-21(24)17-10-11-26-22(14-17)20-8-4-5-9-25(20)31-26/h1-16H. The lowest BCUT2D eigenvalue weighted by molar-refractivity contribution is -0.384. The van der Waals surface area contributed by atoms with E-state index in [4.69, 9.17) is 0 Å². The zero-order valence-corrected chi connectivity index (χ0v) is 17.2. The Labute approximate surface area is 181 Å². The lowest BCUT2D eigenvalue weighted by Crippen LogP contribution is -1.95. The molecule has 0 amide bonds. The summed E-state index contributed by atoms with van der Waals surface area (Å²) in [6, 6.07) is 29.9. The lowest BCUT2D eigenvalue weighted by Gasteiger charge is -2.08. The maximum atomic E-state index is 12.0. The predicted molar refractivity (Wildman–Crippen MR) is 128 cm³/mol. The van der Waals surface area contributed by atoms with Crippen LogP contribution in [-0.4, -0.2) is 9.49 Å². The van der Waals surface area contributed by atoms with Crippen molar-refractivity contribution in [2.24, 2.45) is 0 Å². The molecule has 31 heavy (non-hydrogen) atoms. The molecule has 6 aromatic rings. The number of thiophene rings is 1. The smallest absolute Gasteiger partial charge is 0.279 e. The van der Waals surface area contributed by atoms with E-state index in [1.165, 1.54) is 14.8 Å². The fourth-order valence-electron chi connectivity index (χ4n) is 4.26. The number of nitro groups is 1. The highest BCUT2D eigenvalue weighted by Crippen LogP contribution is 2.40. The number of hydrogen-bond acceptors (Lipinski definition) is 3. The van der Waals surface area contributed by atoms with E-state index in [2.05, 4.69) is 24.3 Å². The number of fused-ring (bicyclic) bond motifs is 4. The Balaban J connectivity index is 1.59. The van der Waals surface area contributed by atoms with Crippen LogP contribution < -0.4 is 0 Å². The first-order valence-electron chi connectivity index (χ1n) is 9.96. The predicted octanol–water partition coefficient (Wildman–Crippen LogP) is 7.57. The molecule has 2 aromatic heterocycles. The first kappa shape index (κ1) is 17.9. The largest absolute Gasteiger partial charge is 0.316 e. The number of benzene rings is 4. The van der Waals surface area contributed by atoms with Crippen LogP contribution in [0.5, 0.6) is 0 Å². The Morgan fingerprint density at radius 1 is 0.774 bits per heavy atom. The molecule has 5 heteroatoms. The molecule has 0 radical (unpaired) electrons. The molecule has 0 saturated heterocycles. The minimum atomic E-state index is -0.285. The van der Waals surface area contributed by atoms with Crippen molar-refractivity contribution in [3.63, 3.8) is 0 Å². The van der Waals surface area contributed by atoms with Crippen molar-refractivity contribution in [1.82, 2.24) is 4.57 Å². The lowest BCUT2D eigenvalue weighted by atomic mass is 9.99. The summed E-state index contributed by atoms with van der Waals surface area (Å²) in [5.41, 5.74) is 3.41. The van der Waals surface area contributed by atoms with Gasteiger partial charge in [0, 0.05) is 43.5 Å². The van der Waals surface area contributed by atoms with E-state index in [0.717, 1.165) is 27.5 Å². The van der Waals surface area contributed by atoms with Gasteiger partial charge in [-0.15, -0.1) is 11.3 Å². The van der Waals surface area contributed by atoms with Crippen LogP contribution >= 0.6 is 11.3 Å². The van der Waals surface area contributed by atoms with Crippen LogP contribution in [0, 0.1) is 10.1 Å². The highest BCUT2D eigenvalue weighted by atomic mass is 32.1. The second-order valence-electron chi connectivity index (χ2n) is 7.52. The molecule has 0 aliphatic carbocycles. The van der Waals surface area contributed by atoms with Gasteiger partial charge in [0.15, 0.2) is 0 Å². The highest BCUT2D eigenvalue weighted by molar-refractivity contribution is 7.25. The van der Waals surface area contributed by atoms with Crippen LogP contribution in [0.2, 0.25) is 0 Å². The quantitative estimate of drug-likeness (QED) is 0.219. The molecule has 0 fully saturated rings. The average Bonchev–Trinajstić information content (AvgIpc) is 3.39. The zero-order valence-electron chi connectivity index (χ0n) is 16.4. The van der Waals surface area contributed by atoms with Gasteiger partial charge in [-0.2, -0.15) is 0 Å². The average molecular weight is 420 g/mol. The van der Waals surface area contributed by atoms with Crippen molar-refractivity contribution >= 4 is 48.1 Å². The van der Waals surface area contributed by atoms with Crippen molar-refractivity contribution < 1.29 is 4.92 Å². The Bertz CT molecular complexity index is 1610. The van der Waals surface area contributed by atoms with Gasteiger partial charge < -0.3 is 4.57 Å². The van der Waals surface area contributed by atoms with Crippen LogP contribution in [0.4, 0.5) is 5.69 Å². The summed E-state index contributed by atoms with van der Waals surface area (Å²) < 4.78 is 4.39. The summed E-state index contributed by atoms with van der Waals surface area (Å²) in [4.78, 5) is 11.7. The number of hydrogen-bond donors (Lipinski definition) is 0. The van der Waals surface area contributed by atoms with Crippen molar-refractivity contribution in [1.29, 1.82) is 0 Å². The van der Waals surface area contributed by atoms with E-state index in [-0.39, 0.29) is 10.6 Å². The van der Waals surface area contributed by atoms with Gasteiger partial charge in [0.25, 0.3) is 5.69 Å². The highest BCUT2D eigenvalue weighted by Gasteiger charge is 2.19. The fourth-order valence-corrected chi connectivity index (χ4v) is 5.35.